The van der Waals surface area contributed by atoms with Crippen LogP contribution in [0.25, 0.3) is 0 Å². The summed E-state index contributed by atoms with van der Waals surface area (Å²) in [7, 11) is 0. The van der Waals surface area contributed by atoms with Gasteiger partial charge in [0.25, 0.3) is 0 Å². The van der Waals surface area contributed by atoms with Gasteiger partial charge in [0.1, 0.15) is 17.9 Å². The molecule has 1 amide bonds. The lowest BCUT2D eigenvalue weighted by Gasteiger charge is -2.34. The monoisotopic (exact) mass is 352 g/mol. The summed E-state index contributed by atoms with van der Waals surface area (Å²) >= 11 is 0. The molecular formula is C18H25FN2O4. The van der Waals surface area contributed by atoms with Crippen molar-refractivity contribution in [2.45, 2.75) is 32.4 Å². The Labute approximate surface area is 147 Å². The van der Waals surface area contributed by atoms with Crippen molar-refractivity contribution in [1.29, 1.82) is 0 Å². The zero-order chi connectivity index (χ0) is 18.4. The van der Waals surface area contributed by atoms with Gasteiger partial charge in [-0.05, 0) is 30.0 Å². The van der Waals surface area contributed by atoms with Gasteiger partial charge >= 0.3 is 5.97 Å². The first-order chi connectivity index (χ1) is 11.9. The van der Waals surface area contributed by atoms with Crippen LogP contribution < -0.4 is 5.32 Å². The van der Waals surface area contributed by atoms with Crippen molar-refractivity contribution >= 4 is 11.9 Å². The molecule has 0 radical (unpaired) electrons. The highest BCUT2D eigenvalue weighted by Crippen LogP contribution is 2.23. The minimum Gasteiger partial charge on any atom is -0.480 e. The fraction of sp³-hybridized carbons (Fsp3) is 0.556. The highest BCUT2D eigenvalue weighted by Gasteiger charge is 2.32. The smallest absolute Gasteiger partial charge is 0.326 e. The van der Waals surface area contributed by atoms with E-state index in [2.05, 4.69) is 5.32 Å². The van der Waals surface area contributed by atoms with Crippen LogP contribution in [-0.4, -0.2) is 54.2 Å². The Morgan fingerprint density at radius 1 is 1.32 bits per heavy atom. The number of ether oxygens (including phenoxy) is 1. The molecule has 138 valence electrons. The van der Waals surface area contributed by atoms with Crippen LogP contribution in [0.2, 0.25) is 0 Å². The summed E-state index contributed by atoms with van der Waals surface area (Å²) in [6.45, 7) is 5.80. The lowest BCUT2D eigenvalue weighted by Crippen LogP contribution is -2.50. The molecule has 1 aliphatic rings. The first-order valence-electron chi connectivity index (χ1n) is 8.49. The maximum absolute atomic E-state index is 13.7. The van der Waals surface area contributed by atoms with E-state index in [1.54, 1.807) is 12.1 Å². The normalized spacial score (nSPS) is 17.9. The highest BCUT2D eigenvalue weighted by atomic mass is 19.1. The Bertz CT molecular complexity index is 602. The summed E-state index contributed by atoms with van der Waals surface area (Å²) in [5, 5.41) is 12.0. The maximum Gasteiger partial charge on any atom is 0.326 e. The fourth-order valence-electron chi connectivity index (χ4n) is 2.98. The SMILES string of the molecule is CC(C)C[C@@H](NC(=O)C(c1cccc(F)c1)N1CCOCC1)C(=O)O. The number of nitrogens with one attached hydrogen (secondary N) is 1. The number of nitrogens with zero attached hydrogens (tertiary/aromatic N) is 1. The number of carboxylic acid groups (broad SMARTS) is 1. The van der Waals surface area contributed by atoms with Gasteiger partial charge in [0.15, 0.2) is 0 Å². The second-order valence-electron chi connectivity index (χ2n) is 6.63. The number of aliphatic carboxylic acids is 1. The first-order valence-corrected chi connectivity index (χ1v) is 8.49. The summed E-state index contributed by atoms with van der Waals surface area (Å²) < 4.78 is 19.0. The molecule has 1 heterocycles. The van der Waals surface area contributed by atoms with Gasteiger partial charge in [-0.15, -0.1) is 0 Å². The molecule has 0 aliphatic carbocycles. The summed E-state index contributed by atoms with van der Waals surface area (Å²) in [5.74, 6) is -1.81. The van der Waals surface area contributed by atoms with Crippen LogP contribution in [0.15, 0.2) is 24.3 Å². The number of rotatable bonds is 7. The minimum absolute atomic E-state index is 0.123. The number of carboxylic acids is 1. The first kappa shape index (κ1) is 19.3. The van der Waals surface area contributed by atoms with Crippen molar-refractivity contribution in [3.8, 4) is 0 Å². The Balaban J connectivity index is 2.24. The number of halogens is 1. The predicted molar refractivity (Wildman–Crippen MR) is 90.6 cm³/mol. The van der Waals surface area contributed by atoms with Crippen LogP contribution in [0.3, 0.4) is 0 Å². The van der Waals surface area contributed by atoms with Crippen LogP contribution in [0.4, 0.5) is 4.39 Å². The van der Waals surface area contributed by atoms with Gasteiger partial charge in [-0.2, -0.15) is 0 Å². The third-order valence-corrected chi connectivity index (χ3v) is 4.15. The Morgan fingerprint density at radius 3 is 2.56 bits per heavy atom. The van der Waals surface area contributed by atoms with Crippen molar-refractivity contribution in [2.24, 2.45) is 5.92 Å². The third kappa shape index (κ3) is 5.51. The fourth-order valence-corrected chi connectivity index (χ4v) is 2.98. The number of hydrogen-bond acceptors (Lipinski definition) is 4. The molecule has 1 fully saturated rings. The third-order valence-electron chi connectivity index (χ3n) is 4.15. The quantitative estimate of drug-likeness (QED) is 0.782. The van der Waals surface area contributed by atoms with Crippen molar-refractivity contribution in [3.05, 3.63) is 35.6 Å². The molecule has 0 saturated carbocycles. The number of benzene rings is 1. The summed E-state index contributed by atoms with van der Waals surface area (Å²) in [5.41, 5.74) is 0.507. The Kier molecular flexibility index (Phi) is 6.90. The average molecular weight is 352 g/mol. The van der Waals surface area contributed by atoms with Crippen LogP contribution in [0, 0.1) is 11.7 Å². The lowest BCUT2D eigenvalue weighted by atomic mass is 10.0. The average Bonchev–Trinajstić information content (AvgIpc) is 2.55. The van der Waals surface area contributed by atoms with E-state index in [1.807, 2.05) is 18.7 Å². The molecule has 0 aromatic heterocycles. The standard InChI is InChI=1S/C18H25FN2O4/c1-12(2)10-15(18(23)24)20-17(22)16(21-6-8-25-9-7-21)13-4-3-5-14(19)11-13/h3-5,11-12,15-16H,6-10H2,1-2H3,(H,20,22)(H,23,24)/t15-,16?/m1/s1. The van der Waals surface area contributed by atoms with Crippen LogP contribution >= 0.6 is 0 Å². The number of hydrogen-bond donors (Lipinski definition) is 2. The molecule has 0 spiro atoms. The minimum atomic E-state index is -1.07. The van der Waals surface area contributed by atoms with E-state index in [0.29, 0.717) is 38.3 Å². The van der Waals surface area contributed by atoms with Gasteiger partial charge in [0.05, 0.1) is 13.2 Å². The van der Waals surface area contributed by atoms with E-state index in [9.17, 15) is 19.1 Å². The van der Waals surface area contributed by atoms with Crippen molar-refractivity contribution in [1.82, 2.24) is 10.2 Å². The second kappa shape index (κ2) is 8.92. The number of carbonyl (C=O) groups is 2. The molecule has 1 aromatic carbocycles. The molecule has 25 heavy (non-hydrogen) atoms. The van der Waals surface area contributed by atoms with Crippen molar-refractivity contribution in [3.63, 3.8) is 0 Å². The van der Waals surface area contributed by atoms with E-state index in [4.69, 9.17) is 4.74 Å². The highest BCUT2D eigenvalue weighted by molar-refractivity contribution is 5.87. The molecule has 7 heteroatoms. The molecule has 0 bridgehead atoms. The molecule has 1 unspecified atom stereocenters. The largest absolute Gasteiger partial charge is 0.480 e. The molecule has 2 rings (SSSR count). The topological polar surface area (TPSA) is 78.9 Å². The lowest BCUT2D eigenvalue weighted by molar-refractivity contribution is -0.143. The summed E-state index contributed by atoms with van der Waals surface area (Å²) in [4.78, 5) is 26.2. The van der Waals surface area contributed by atoms with Gasteiger partial charge in [-0.1, -0.05) is 26.0 Å². The van der Waals surface area contributed by atoms with Crippen LogP contribution in [0.5, 0.6) is 0 Å². The van der Waals surface area contributed by atoms with Crippen molar-refractivity contribution < 1.29 is 23.8 Å². The predicted octanol–water partition coefficient (Wildman–Crippen LogP) is 1.81. The molecule has 1 saturated heterocycles. The van der Waals surface area contributed by atoms with Gasteiger partial charge in [0.2, 0.25) is 5.91 Å². The molecule has 1 aromatic rings. The molecule has 1 aliphatic heterocycles. The van der Waals surface area contributed by atoms with E-state index in [-0.39, 0.29) is 5.92 Å². The van der Waals surface area contributed by atoms with E-state index < -0.39 is 29.8 Å². The second-order valence-corrected chi connectivity index (χ2v) is 6.63. The van der Waals surface area contributed by atoms with Gasteiger partial charge in [-0.3, -0.25) is 9.69 Å². The number of carbonyl (C=O) groups excluding carboxylic acids is 1. The number of morpholine rings is 1. The van der Waals surface area contributed by atoms with Gasteiger partial charge in [0, 0.05) is 13.1 Å². The van der Waals surface area contributed by atoms with E-state index in [1.165, 1.54) is 12.1 Å². The van der Waals surface area contributed by atoms with E-state index in [0.717, 1.165) is 0 Å². The van der Waals surface area contributed by atoms with E-state index >= 15 is 0 Å². The number of amides is 1. The maximum atomic E-state index is 13.7. The van der Waals surface area contributed by atoms with Gasteiger partial charge < -0.3 is 15.2 Å². The Morgan fingerprint density at radius 2 is 2.00 bits per heavy atom. The van der Waals surface area contributed by atoms with Gasteiger partial charge in [-0.25, -0.2) is 9.18 Å². The zero-order valence-corrected chi connectivity index (χ0v) is 14.6. The zero-order valence-electron chi connectivity index (χ0n) is 14.6. The molecule has 6 nitrogen and oxygen atoms in total. The summed E-state index contributed by atoms with van der Waals surface area (Å²) in [6.07, 6.45) is 0.333. The Hall–Kier alpha value is -1.99. The molecular weight excluding hydrogens is 327 g/mol. The van der Waals surface area contributed by atoms with Crippen LogP contribution in [-0.2, 0) is 14.3 Å². The van der Waals surface area contributed by atoms with Crippen LogP contribution in [0.1, 0.15) is 31.9 Å². The molecule has 2 N–H and O–H groups in total. The summed E-state index contributed by atoms with van der Waals surface area (Å²) in [6, 6.07) is 4.15. The molecule has 2 atom stereocenters. The van der Waals surface area contributed by atoms with Crippen molar-refractivity contribution in [2.75, 3.05) is 26.3 Å².